The lowest BCUT2D eigenvalue weighted by Gasteiger charge is -2.28. The fraction of sp³-hybridized carbons (Fsp3) is 0.333. The van der Waals surface area contributed by atoms with Crippen molar-refractivity contribution in [1.29, 1.82) is 0 Å². The molecule has 2 heterocycles. The van der Waals surface area contributed by atoms with E-state index >= 15 is 0 Å². The Morgan fingerprint density at radius 3 is 3.00 bits per heavy atom. The molecule has 0 bridgehead atoms. The van der Waals surface area contributed by atoms with E-state index in [1.165, 1.54) is 11.8 Å². The van der Waals surface area contributed by atoms with Gasteiger partial charge in [-0.05, 0) is 12.3 Å². The highest BCUT2D eigenvalue weighted by Crippen LogP contribution is 2.22. The van der Waals surface area contributed by atoms with Crippen molar-refractivity contribution in [2.45, 2.75) is 24.7 Å². The van der Waals surface area contributed by atoms with Gasteiger partial charge >= 0.3 is 0 Å². The van der Waals surface area contributed by atoms with Crippen molar-refractivity contribution in [1.82, 2.24) is 14.9 Å². The van der Waals surface area contributed by atoms with Gasteiger partial charge in [-0.3, -0.25) is 4.90 Å². The number of benzene rings is 1. The molecule has 0 radical (unpaired) electrons. The Balaban J connectivity index is 1.76. The highest BCUT2D eigenvalue weighted by molar-refractivity contribution is 7.98. The molecule has 0 atom stereocenters. The maximum atomic E-state index is 13.7. The van der Waals surface area contributed by atoms with Gasteiger partial charge in [0, 0.05) is 43.4 Å². The second-order valence-electron chi connectivity index (χ2n) is 5.00. The fourth-order valence-electron chi connectivity index (χ4n) is 2.50. The summed E-state index contributed by atoms with van der Waals surface area (Å²) in [6.07, 6.45) is 4.59. The van der Waals surface area contributed by atoms with Gasteiger partial charge in [0.15, 0.2) is 16.8 Å². The predicted molar refractivity (Wildman–Crippen MR) is 78.0 cm³/mol. The van der Waals surface area contributed by atoms with Crippen LogP contribution in [0.1, 0.15) is 16.8 Å². The van der Waals surface area contributed by atoms with Gasteiger partial charge in [-0.15, -0.1) is 0 Å². The van der Waals surface area contributed by atoms with E-state index in [4.69, 9.17) is 0 Å². The van der Waals surface area contributed by atoms with E-state index in [1.807, 2.05) is 12.5 Å². The highest BCUT2D eigenvalue weighted by Gasteiger charge is 2.20. The van der Waals surface area contributed by atoms with Crippen molar-refractivity contribution >= 4 is 11.8 Å². The number of thioether (sulfide) groups is 1. The SMILES string of the molecule is CSc1ncc2c(n1)CCN(Cc1cccc(F)c1F)C2. The number of halogens is 2. The molecule has 1 aliphatic heterocycles. The van der Waals surface area contributed by atoms with Crippen LogP contribution in [0.15, 0.2) is 29.6 Å². The summed E-state index contributed by atoms with van der Waals surface area (Å²) in [6.45, 7) is 1.85. The smallest absolute Gasteiger partial charge is 0.187 e. The normalized spacial score (nSPS) is 15.0. The van der Waals surface area contributed by atoms with E-state index < -0.39 is 11.6 Å². The van der Waals surface area contributed by atoms with Crippen LogP contribution in [0, 0.1) is 11.6 Å². The molecule has 0 fully saturated rings. The van der Waals surface area contributed by atoms with Crippen molar-refractivity contribution < 1.29 is 8.78 Å². The summed E-state index contributed by atoms with van der Waals surface area (Å²) < 4.78 is 27.0. The van der Waals surface area contributed by atoms with Crippen LogP contribution in [0.25, 0.3) is 0 Å². The van der Waals surface area contributed by atoms with Gasteiger partial charge in [0.05, 0.1) is 5.69 Å². The van der Waals surface area contributed by atoms with Crippen molar-refractivity contribution in [2.75, 3.05) is 12.8 Å². The quantitative estimate of drug-likeness (QED) is 0.644. The molecule has 3 rings (SSSR count). The van der Waals surface area contributed by atoms with E-state index in [1.54, 1.807) is 12.1 Å². The van der Waals surface area contributed by atoms with Crippen molar-refractivity contribution in [3.63, 3.8) is 0 Å². The molecule has 0 aliphatic carbocycles. The molecule has 21 heavy (non-hydrogen) atoms. The zero-order valence-electron chi connectivity index (χ0n) is 11.6. The Morgan fingerprint density at radius 2 is 2.19 bits per heavy atom. The number of aromatic nitrogens is 2. The Bertz CT molecular complexity index is 663. The number of nitrogens with zero attached hydrogens (tertiary/aromatic N) is 3. The Labute approximate surface area is 126 Å². The van der Waals surface area contributed by atoms with Crippen LogP contribution in [0.4, 0.5) is 8.78 Å². The minimum Gasteiger partial charge on any atom is -0.294 e. The summed E-state index contributed by atoms with van der Waals surface area (Å²) in [5, 5.41) is 0.776. The summed E-state index contributed by atoms with van der Waals surface area (Å²) in [6, 6.07) is 4.31. The van der Waals surface area contributed by atoms with Gasteiger partial charge in [-0.25, -0.2) is 18.7 Å². The second kappa shape index (κ2) is 6.07. The largest absolute Gasteiger partial charge is 0.294 e. The fourth-order valence-corrected chi connectivity index (χ4v) is 2.86. The minimum absolute atomic E-state index is 0.389. The molecule has 0 unspecified atom stereocenters. The average Bonchev–Trinajstić information content (AvgIpc) is 2.51. The lowest BCUT2D eigenvalue weighted by molar-refractivity contribution is 0.238. The molecule has 0 N–H and O–H groups in total. The standard InChI is InChI=1S/C15H15F2N3S/c1-21-15-18-7-11-9-20(6-5-13(11)19-15)8-10-3-2-4-12(16)14(10)17/h2-4,7H,5-6,8-9H2,1H3. The monoisotopic (exact) mass is 307 g/mol. The number of rotatable bonds is 3. The maximum Gasteiger partial charge on any atom is 0.187 e. The number of hydrogen-bond donors (Lipinski definition) is 0. The zero-order valence-corrected chi connectivity index (χ0v) is 12.5. The predicted octanol–water partition coefficient (Wildman–Crippen LogP) is 3.04. The first-order valence-electron chi connectivity index (χ1n) is 6.71. The lowest BCUT2D eigenvalue weighted by Crippen LogP contribution is -2.31. The van der Waals surface area contributed by atoms with Gasteiger partial charge < -0.3 is 0 Å². The summed E-state index contributed by atoms with van der Waals surface area (Å²) in [5.74, 6) is -1.55. The first kappa shape index (κ1) is 14.4. The molecule has 0 saturated carbocycles. The van der Waals surface area contributed by atoms with Gasteiger partial charge in [-0.1, -0.05) is 23.9 Å². The zero-order chi connectivity index (χ0) is 14.8. The molecule has 1 aromatic heterocycles. The van der Waals surface area contributed by atoms with Crippen LogP contribution in [-0.4, -0.2) is 27.7 Å². The lowest BCUT2D eigenvalue weighted by atomic mass is 10.1. The third-order valence-electron chi connectivity index (χ3n) is 3.60. The van der Waals surface area contributed by atoms with Gasteiger partial charge in [0.2, 0.25) is 0 Å². The average molecular weight is 307 g/mol. The Morgan fingerprint density at radius 1 is 1.33 bits per heavy atom. The molecular formula is C15H15F2N3S. The van der Waals surface area contributed by atoms with Crippen molar-refractivity contribution in [3.8, 4) is 0 Å². The minimum atomic E-state index is -0.794. The van der Waals surface area contributed by atoms with Crippen LogP contribution in [0.3, 0.4) is 0 Å². The highest BCUT2D eigenvalue weighted by atomic mass is 32.2. The van der Waals surface area contributed by atoms with Crippen LogP contribution >= 0.6 is 11.8 Å². The second-order valence-corrected chi connectivity index (χ2v) is 5.78. The third kappa shape index (κ3) is 3.06. The molecule has 1 aromatic carbocycles. The van der Waals surface area contributed by atoms with Crippen molar-refractivity contribution in [2.24, 2.45) is 0 Å². The maximum absolute atomic E-state index is 13.7. The molecule has 0 spiro atoms. The van der Waals surface area contributed by atoms with E-state index in [0.717, 1.165) is 35.4 Å². The summed E-state index contributed by atoms with van der Waals surface area (Å²) in [7, 11) is 0. The van der Waals surface area contributed by atoms with Crippen LogP contribution in [0.2, 0.25) is 0 Å². The van der Waals surface area contributed by atoms with E-state index in [9.17, 15) is 8.78 Å². The Kier molecular flexibility index (Phi) is 4.17. The molecule has 3 nitrogen and oxygen atoms in total. The van der Waals surface area contributed by atoms with E-state index in [2.05, 4.69) is 14.9 Å². The molecule has 1 aliphatic rings. The number of hydrogen-bond acceptors (Lipinski definition) is 4. The van der Waals surface area contributed by atoms with Crippen LogP contribution in [0.5, 0.6) is 0 Å². The summed E-state index contributed by atoms with van der Waals surface area (Å²) in [4.78, 5) is 10.9. The van der Waals surface area contributed by atoms with Gasteiger partial charge in [-0.2, -0.15) is 0 Å². The molecule has 110 valence electrons. The molecule has 0 amide bonds. The van der Waals surface area contributed by atoms with Crippen LogP contribution < -0.4 is 0 Å². The van der Waals surface area contributed by atoms with Gasteiger partial charge in [0.25, 0.3) is 0 Å². The van der Waals surface area contributed by atoms with Crippen LogP contribution in [-0.2, 0) is 19.5 Å². The molecule has 2 aromatic rings. The first-order valence-corrected chi connectivity index (χ1v) is 7.94. The first-order chi connectivity index (χ1) is 10.2. The summed E-state index contributed by atoms with van der Waals surface area (Å²) in [5.41, 5.74) is 2.52. The molecular weight excluding hydrogens is 292 g/mol. The topological polar surface area (TPSA) is 29.0 Å². The van der Waals surface area contributed by atoms with Crippen molar-refractivity contribution in [3.05, 3.63) is 52.9 Å². The van der Waals surface area contributed by atoms with E-state index in [0.29, 0.717) is 18.7 Å². The number of fused-ring (bicyclic) bond motifs is 1. The summed E-state index contributed by atoms with van der Waals surface area (Å²) >= 11 is 1.52. The van der Waals surface area contributed by atoms with E-state index in [-0.39, 0.29) is 0 Å². The van der Waals surface area contributed by atoms with Gasteiger partial charge in [0.1, 0.15) is 0 Å². The molecule has 0 saturated heterocycles. The third-order valence-corrected chi connectivity index (χ3v) is 4.16. The molecule has 6 heteroatoms. The Hall–Kier alpha value is -1.53.